The first-order valence-corrected chi connectivity index (χ1v) is 8.23. The highest BCUT2D eigenvalue weighted by atomic mass is 16.5. The van der Waals surface area contributed by atoms with E-state index >= 15 is 0 Å². The number of carbonyl (C=O) groups excluding carboxylic acids is 1. The number of ether oxygens (including phenoxy) is 1. The summed E-state index contributed by atoms with van der Waals surface area (Å²) in [7, 11) is 0. The van der Waals surface area contributed by atoms with E-state index in [1.54, 1.807) is 24.3 Å². The molecule has 3 rings (SSSR count). The van der Waals surface area contributed by atoms with E-state index in [0.29, 0.717) is 23.2 Å². The minimum absolute atomic E-state index is 0.103. The van der Waals surface area contributed by atoms with Gasteiger partial charge < -0.3 is 9.15 Å². The number of hydrazone groups is 1. The summed E-state index contributed by atoms with van der Waals surface area (Å²) in [4.78, 5) is 12.0. The van der Waals surface area contributed by atoms with Crippen LogP contribution in [0.5, 0.6) is 5.75 Å². The normalized spacial score (nSPS) is 19.7. The van der Waals surface area contributed by atoms with Crippen molar-refractivity contribution in [1.82, 2.24) is 5.43 Å². The molecule has 0 bridgehead atoms. The van der Waals surface area contributed by atoms with Gasteiger partial charge in [0.25, 0.3) is 5.91 Å². The molecule has 1 aromatic heterocycles. The maximum Gasteiger partial charge on any atom is 0.271 e. The molecule has 5 heteroatoms. The first-order valence-electron chi connectivity index (χ1n) is 8.23. The maximum absolute atomic E-state index is 12.0. The van der Waals surface area contributed by atoms with Crippen molar-refractivity contribution in [1.29, 1.82) is 0 Å². The van der Waals surface area contributed by atoms with Crippen molar-refractivity contribution in [2.75, 3.05) is 0 Å². The summed E-state index contributed by atoms with van der Waals surface area (Å²) in [6.07, 6.45) is 2.80. The molecule has 1 saturated carbocycles. The molecule has 0 saturated heterocycles. The van der Waals surface area contributed by atoms with Gasteiger partial charge >= 0.3 is 0 Å². The Morgan fingerprint density at radius 1 is 1.29 bits per heavy atom. The Bertz CT molecular complexity index is 731. The Morgan fingerprint density at radius 3 is 2.62 bits per heavy atom. The van der Waals surface area contributed by atoms with E-state index in [4.69, 9.17) is 9.15 Å². The van der Waals surface area contributed by atoms with E-state index in [1.807, 2.05) is 26.0 Å². The van der Waals surface area contributed by atoms with Crippen molar-refractivity contribution in [3.05, 3.63) is 53.5 Å². The summed E-state index contributed by atoms with van der Waals surface area (Å²) in [6, 6.07) is 10.8. The van der Waals surface area contributed by atoms with Crippen molar-refractivity contribution in [2.45, 2.75) is 39.2 Å². The number of nitrogens with one attached hydrogen (secondary N) is 1. The third-order valence-corrected chi connectivity index (χ3v) is 3.97. The van der Waals surface area contributed by atoms with Crippen molar-refractivity contribution in [2.24, 2.45) is 11.0 Å². The third kappa shape index (κ3) is 4.04. The van der Waals surface area contributed by atoms with Crippen LogP contribution in [0.25, 0.3) is 0 Å². The Hall–Kier alpha value is -2.56. The zero-order chi connectivity index (χ0) is 17.1. The summed E-state index contributed by atoms with van der Waals surface area (Å²) in [5.41, 5.74) is 3.02. The first-order chi connectivity index (χ1) is 11.5. The predicted molar refractivity (Wildman–Crippen MR) is 92.5 cm³/mol. The van der Waals surface area contributed by atoms with Gasteiger partial charge in [-0.05, 0) is 62.6 Å². The molecule has 1 aliphatic carbocycles. The van der Waals surface area contributed by atoms with Gasteiger partial charge in [0.05, 0.1) is 12.3 Å². The fraction of sp³-hybridized carbons (Fsp3) is 0.368. The fourth-order valence-electron chi connectivity index (χ4n) is 2.53. The molecule has 1 heterocycles. The lowest BCUT2D eigenvalue weighted by atomic mass is 10.2. The molecule has 1 aromatic carbocycles. The summed E-state index contributed by atoms with van der Waals surface area (Å²) >= 11 is 0. The summed E-state index contributed by atoms with van der Waals surface area (Å²) < 4.78 is 11.2. The van der Waals surface area contributed by atoms with Gasteiger partial charge in [0, 0.05) is 11.5 Å². The molecular weight excluding hydrogens is 304 g/mol. The molecule has 126 valence electrons. The van der Waals surface area contributed by atoms with E-state index in [1.165, 1.54) is 12.6 Å². The van der Waals surface area contributed by atoms with Gasteiger partial charge in [-0.25, -0.2) is 5.43 Å². The number of nitrogens with zero attached hydrogens (tertiary/aromatic N) is 1. The monoisotopic (exact) mass is 326 g/mol. The lowest BCUT2D eigenvalue weighted by Gasteiger charge is -2.09. The van der Waals surface area contributed by atoms with Crippen molar-refractivity contribution in [3.63, 3.8) is 0 Å². The lowest BCUT2D eigenvalue weighted by Crippen LogP contribution is -2.17. The molecule has 1 N–H and O–H groups in total. The number of carbonyl (C=O) groups is 1. The topological polar surface area (TPSA) is 63.8 Å². The number of benzene rings is 1. The molecule has 1 amide bonds. The van der Waals surface area contributed by atoms with Crippen LogP contribution in [-0.2, 0) is 0 Å². The lowest BCUT2D eigenvalue weighted by molar-refractivity contribution is 0.0955. The summed E-state index contributed by atoms with van der Waals surface area (Å²) in [6.45, 7) is 6.12. The van der Waals surface area contributed by atoms with Crippen LogP contribution < -0.4 is 10.2 Å². The van der Waals surface area contributed by atoms with Gasteiger partial charge in [0.1, 0.15) is 17.3 Å². The van der Waals surface area contributed by atoms with E-state index in [2.05, 4.69) is 17.5 Å². The van der Waals surface area contributed by atoms with Crippen molar-refractivity contribution >= 4 is 12.1 Å². The van der Waals surface area contributed by atoms with E-state index < -0.39 is 0 Å². The largest absolute Gasteiger partial charge is 0.491 e. The zero-order valence-corrected chi connectivity index (χ0v) is 14.2. The van der Waals surface area contributed by atoms with Crippen LogP contribution in [0.15, 0.2) is 45.9 Å². The van der Waals surface area contributed by atoms with Gasteiger partial charge in [-0.1, -0.05) is 6.92 Å². The second-order valence-corrected chi connectivity index (χ2v) is 6.45. The number of rotatable bonds is 6. The first kappa shape index (κ1) is 16.3. The Kier molecular flexibility index (Phi) is 4.69. The molecule has 0 radical (unpaired) electrons. The van der Waals surface area contributed by atoms with Gasteiger partial charge in [0.15, 0.2) is 0 Å². The molecule has 5 nitrogen and oxygen atoms in total. The molecule has 2 aromatic rings. The average Bonchev–Trinajstić information content (AvgIpc) is 3.08. The average molecular weight is 326 g/mol. The molecule has 0 unspecified atom stereocenters. The highest BCUT2D eigenvalue weighted by molar-refractivity contribution is 5.94. The van der Waals surface area contributed by atoms with Crippen LogP contribution in [-0.4, -0.2) is 18.2 Å². The van der Waals surface area contributed by atoms with Crippen LogP contribution in [0.1, 0.15) is 55.0 Å². The molecule has 1 fully saturated rings. The Labute approximate surface area is 141 Å². The molecule has 1 aliphatic rings. The standard InChI is InChI=1S/C19H22N2O3/c1-12(2)23-15-6-4-14(5-7-15)19(22)21-20-11-16-8-9-18(24-16)17-10-13(17)3/h4-9,11-13,17H,10H2,1-3H3,(H,21,22)/b20-11-/t13-,17-/m1/s1. The second-order valence-electron chi connectivity index (χ2n) is 6.45. The van der Waals surface area contributed by atoms with E-state index in [0.717, 1.165) is 11.5 Å². The molecular formula is C19H22N2O3. The SMILES string of the molecule is CC(C)Oc1ccc(C(=O)N/N=C\c2ccc([C@@H]3C[C@H]3C)o2)cc1. The quantitative estimate of drug-likeness (QED) is 0.645. The summed E-state index contributed by atoms with van der Waals surface area (Å²) in [5.74, 6) is 3.34. The highest BCUT2D eigenvalue weighted by Gasteiger charge is 2.36. The predicted octanol–water partition coefficient (Wildman–Crippen LogP) is 3.95. The second kappa shape index (κ2) is 6.91. The molecule has 0 spiro atoms. The number of furan rings is 1. The van der Waals surface area contributed by atoms with Crippen LogP contribution >= 0.6 is 0 Å². The van der Waals surface area contributed by atoms with Gasteiger partial charge in [-0.15, -0.1) is 0 Å². The van der Waals surface area contributed by atoms with Crippen molar-refractivity contribution in [3.8, 4) is 5.75 Å². The van der Waals surface area contributed by atoms with E-state index in [-0.39, 0.29) is 12.0 Å². The van der Waals surface area contributed by atoms with Gasteiger partial charge in [-0.3, -0.25) is 4.79 Å². The van der Waals surface area contributed by atoms with Crippen LogP contribution in [0.2, 0.25) is 0 Å². The molecule has 24 heavy (non-hydrogen) atoms. The minimum Gasteiger partial charge on any atom is -0.491 e. The summed E-state index contributed by atoms with van der Waals surface area (Å²) in [5, 5.41) is 3.95. The van der Waals surface area contributed by atoms with Crippen LogP contribution in [0, 0.1) is 5.92 Å². The van der Waals surface area contributed by atoms with Crippen LogP contribution in [0.4, 0.5) is 0 Å². The van der Waals surface area contributed by atoms with Gasteiger partial charge in [-0.2, -0.15) is 5.10 Å². The molecule has 0 aliphatic heterocycles. The zero-order valence-electron chi connectivity index (χ0n) is 14.2. The molecule has 2 atom stereocenters. The van der Waals surface area contributed by atoms with E-state index in [9.17, 15) is 4.79 Å². The maximum atomic E-state index is 12.0. The number of hydrogen-bond acceptors (Lipinski definition) is 4. The third-order valence-electron chi connectivity index (χ3n) is 3.97. The van der Waals surface area contributed by atoms with Crippen molar-refractivity contribution < 1.29 is 13.9 Å². The Morgan fingerprint density at radius 2 is 2.00 bits per heavy atom. The highest BCUT2D eigenvalue weighted by Crippen LogP contribution is 2.47. The minimum atomic E-state index is -0.273. The number of amides is 1. The van der Waals surface area contributed by atoms with Gasteiger partial charge in [0.2, 0.25) is 0 Å². The van der Waals surface area contributed by atoms with Crippen LogP contribution in [0.3, 0.4) is 0 Å². The number of hydrogen-bond donors (Lipinski definition) is 1. The smallest absolute Gasteiger partial charge is 0.271 e. The fourth-order valence-corrected chi connectivity index (χ4v) is 2.53. The Balaban J connectivity index is 1.53.